The molecule has 108 valence electrons. The summed E-state index contributed by atoms with van der Waals surface area (Å²) in [5.74, 6) is 0.330. The maximum absolute atomic E-state index is 5.55. The maximum Gasteiger partial charge on any atom is 0.233 e. The molecule has 2 rings (SSSR count). The Balaban J connectivity index is 2.10. The van der Waals surface area contributed by atoms with Crippen molar-refractivity contribution in [1.29, 1.82) is 0 Å². The molecule has 0 bridgehead atoms. The van der Waals surface area contributed by atoms with E-state index in [0.29, 0.717) is 12.0 Å². The van der Waals surface area contributed by atoms with Gasteiger partial charge in [-0.3, -0.25) is 4.90 Å². The average molecular weight is 291 g/mol. The van der Waals surface area contributed by atoms with Gasteiger partial charge in [-0.2, -0.15) is 9.36 Å². The number of nitrogens with zero attached hydrogens (tertiary/aromatic N) is 3. The van der Waals surface area contributed by atoms with Gasteiger partial charge in [0.2, 0.25) is 11.1 Å². The zero-order valence-corrected chi connectivity index (χ0v) is 12.7. The summed E-state index contributed by atoms with van der Waals surface area (Å²) in [4.78, 5) is 6.57. The third-order valence-corrected chi connectivity index (χ3v) is 4.01. The van der Waals surface area contributed by atoms with Gasteiger partial charge >= 0.3 is 0 Å². The second-order valence-electron chi connectivity index (χ2n) is 4.49. The highest BCUT2D eigenvalue weighted by molar-refractivity contribution is 7.09. The molecule has 0 aliphatic carbocycles. The first-order valence-electron chi connectivity index (χ1n) is 6.86. The molecule has 1 aromatic heterocycles. The van der Waals surface area contributed by atoms with Crippen LogP contribution in [0.2, 0.25) is 0 Å². The van der Waals surface area contributed by atoms with E-state index in [1.165, 1.54) is 17.1 Å². The number of aromatic nitrogens is 2. The summed E-state index contributed by atoms with van der Waals surface area (Å²) in [5.41, 5.74) is 6.85. The van der Waals surface area contributed by atoms with Crippen molar-refractivity contribution in [2.75, 3.05) is 30.7 Å². The first-order valence-corrected chi connectivity index (χ1v) is 7.64. The summed E-state index contributed by atoms with van der Waals surface area (Å²) < 4.78 is 3.98. The molecular weight excluding hydrogens is 270 g/mol. The number of rotatable bonds is 7. The van der Waals surface area contributed by atoms with Crippen molar-refractivity contribution < 1.29 is 0 Å². The average Bonchev–Trinajstić information content (AvgIpc) is 2.90. The fraction of sp³-hybridized carbons (Fsp3) is 0.429. The van der Waals surface area contributed by atoms with Gasteiger partial charge in [-0.1, -0.05) is 44.2 Å². The minimum atomic E-state index is 0.316. The van der Waals surface area contributed by atoms with Gasteiger partial charge < -0.3 is 11.1 Å². The topological polar surface area (TPSA) is 67.1 Å². The van der Waals surface area contributed by atoms with Crippen LogP contribution in [0.5, 0.6) is 0 Å². The van der Waals surface area contributed by atoms with Crippen molar-refractivity contribution in [3.05, 3.63) is 35.9 Å². The lowest BCUT2D eigenvalue weighted by atomic mass is 10.1. The Labute approximate surface area is 124 Å². The predicted octanol–water partition coefficient (Wildman–Crippen LogP) is 2.62. The van der Waals surface area contributed by atoms with Crippen LogP contribution in [0.15, 0.2) is 30.3 Å². The monoisotopic (exact) mass is 291 g/mol. The van der Waals surface area contributed by atoms with E-state index in [1.807, 2.05) is 6.07 Å². The van der Waals surface area contributed by atoms with Crippen molar-refractivity contribution in [2.24, 2.45) is 0 Å². The minimum Gasteiger partial charge on any atom is -0.367 e. The Bertz CT molecular complexity index is 509. The second-order valence-corrected chi connectivity index (χ2v) is 5.24. The molecule has 20 heavy (non-hydrogen) atoms. The molecule has 1 heterocycles. The fourth-order valence-corrected chi connectivity index (χ4v) is 2.79. The van der Waals surface area contributed by atoms with Gasteiger partial charge in [0.25, 0.3) is 0 Å². The molecule has 3 N–H and O–H groups in total. The Hall–Kier alpha value is -1.66. The predicted molar refractivity (Wildman–Crippen MR) is 84.9 cm³/mol. The molecule has 0 saturated heterocycles. The molecule has 0 aliphatic heterocycles. The van der Waals surface area contributed by atoms with Gasteiger partial charge in [-0.25, -0.2) is 0 Å². The third-order valence-electron chi connectivity index (χ3n) is 3.33. The van der Waals surface area contributed by atoms with Gasteiger partial charge in [0.1, 0.15) is 0 Å². The molecule has 1 unspecified atom stereocenters. The highest BCUT2D eigenvalue weighted by atomic mass is 32.1. The minimum absolute atomic E-state index is 0.316. The van der Waals surface area contributed by atoms with Crippen LogP contribution in [0.4, 0.5) is 11.1 Å². The zero-order chi connectivity index (χ0) is 14.4. The van der Waals surface area contributed by atoms with Crippen LogP contribution >= 0.6 is 11.5 Å². The normalized spacial score (nSPS) is 12.6. The molecule has 0 spiro atoms. The first-order chi connectivity index (χ1) is 9.74. The zero-order valence-electron chi connectivity index (χ0n) is 11.9. The quantitative estimate of drug-likeness (QED) is 0.821. The SMILES string of the molecule is CCN(CC)C(CNc1nc(N)ns1)c1ccccc1. The van der Waals surface area contributed by atoms with Crippen molar-refractivity contribution in [2.45, 2.75) is 19.9 Å². The number of nitrogen functional groups attached to an aromatic ring is 1. The molecule has 0 fully saturated rings. The summed E-state index contributed by atoms with van der Waals surface area (Å²) >= 11 is 1.30. The molecule has 2 aromatic rings. The Morgan fingerprint density at radius 2 is 1.95 bits per heavy atom. The van der Waals surface area contributed by atoms with Gasteiger partial charge in [0.15, 0.2) is 0 Å². The van der Waals surface area contributed by atoms with Crippen LogP contribution in [-0.4, -0.2) is 33.9 Å². The van der Waals surface area contributed by atoms with E-state index >= 15 is 0 Å². The first kappa shape index (κ1) is 14.7. The van der Waals surface area contributed by atoms with Crippen LogP contribution in [0.3, 0.4) is 0 Å². The summed E-state index contributed by atoms with van der Waals surface area (Å²) in [6.45, 7) is 7.18. The van der Waals surface area contributed by atoms with E-state index in [-0.39, 0.29) is 0 Å². The number of nitrogens with one attached hydrogen (secondary N) is 1. The van der Waals surface area contributed by atoms with Crippen LogP contribution in [-0.2, 0) is 0 Å². The lowest BCUT2D eigenvalue weighted by Gasteiger charge is -2.30. The van der Waals surface area contributed by atoms with E-state index in [0.717, 1.165) is 24.8 Å². The summed E-state index contributed by atoms with van der Waals surface area (Å²) in [6.07, 6.45) is 0. The summed E-state index contributed by atoms with van der Waals surface area (Å²) in [7, 11) is 0. The number of anilines is 2. The molecule has 5 nitrogen and oxygen atoms in total. The summed E-state index contributed by atoms with van der Waals surface area (Å²) in [5, 5.41) is 4.11. The molecule has 1 aromatic carbocycles. The lowest BCUT2D eigenvalue weighted by molar-refractivity contribution is 0.228. The highest BCUT2D eigenvalue weighted by Crippen LogP contribution is 2.22. The van der Waals surface area contributed by atoms with Gasteiger partial charge in [-0.05, 0) is 18.7 Å². The van der Waals surface area contributed by atoms with Gasteiger partial charge in [0, 0.05) is 18.1 Å². The maximum atomic E-state index is 5.55. The van der Waals surface area contributed by atoms with E-state index in [4.69, 9.17) is 5.73 Å². The van der Waals surface area contributed by atoms with Gasteiger partial charge in [-0.15, -0.1) is 0 Å². The molecule has 6 heteroatoms. The van der Waals surface area contributed by atoms with E-state index in [1.54, 1.807) is 0 Å². The molecule has 0 radical (unpaired) electrons. The molecular formula is C14H21N5S. The Morgan fingerprint density at radius 3 is 2.50 bits per heavy atom. The molecule has 1 atom stereocenters. The standard InChI is InChI=1S/C14H21N5S/c1-3-19(4-2)12(11-8-6-5-7-9-11)10-16-14-17-13(15)18-20-14/h5-9,12H,3-4,10H2,1-2H3,(H3,15,16,17,18). The highest BCUT2D eigenvalue weighted by Gasteiger charge is 2.18. The second kappa shape index (κ2) is 7.21. The Morgan fingerprint density at radius 1 is 1.25 bits per heavy atom. The van der Waals surface area contributed by atoms with Crippen LogP contribution in [0, 0.1) is 0 Å². The fourth-order valence-electron chi connectivity index (χ4n) is 2.29. The van der Waals surface area contributed by atoms with Crippen molar-refractivity contribution in [1.82, 2.24) is 14.3 Å². The van der Waals surface area contributed by atoms with Crippen LogP contribution in [0.25, 0.3) is 0 Å². The molecule has 0 saturated carbocycles. The number of likely N-dealkylation sites (N-methyl/N-ethyl adjacent to an activating group) is 1. The molecule has 0 amide bonds. The van der Waals surface area contributed by atoms with Crippen molar-refractivity contribution in [3.8, 4) is 0 Å². The van der Waals surface area contributed by atoms with E-state index in [9.17, 15) is 0 Å². The smallest absolute Gasteiger partial charge is 0.233 e. The number of benzene rings is 1. The summed E-state index contributed by atoms with van der Waals surface area (Å²) in [6, 6.07) is 10.8. The van der Waals surface area contributed by atoms with E-state index < -0.39 is 0 Å². The van der Waals surface area contributed by atoms with Gasteiger partial charge in [0.05, 0.1) is 6.04 Å². The number of hydrogen-bond donors (Lipinski definition) is 2. The largest absolute Gasteiger partial charge is 0.367 e. The number of nitrogens with two attached hydrogens (primary N) is 1. The molecule has 0 aliphatic rings. The van der Waals surface area contributed by atoms with Crippen LogP contribution in [0.1, 0.15) is 25.5 Å². The van der Waals surface area contributed by atoms with Crippen molar-refractivity contribution >= 4 is 22.6 Å². The Kier molecular flexibility index (Phi) is 5.31. The van der Waals surface area contributed by atoms with Crippen molar-refractivity contribution in [3.63, 3.8) is 0 Å². The lowest BCUT2D eigenvalue weighted by Crippen LogP contribution is -2.33. The number of hydrogen-bond acceptors (Lipinski definition) is 6. The van der Waals surface area contributed by atoms with E-state index in [2.05, 4.69) is 57.7 Å². The van der Waals surface area contributed by atoms with Crippen LogP contribution < -0.4 is 11.1 Å². The third kappa shape index (κ3) is 3.68.